The lowest BCUT2D eigenvalue weighted by atomic mass is 10.2. The van der Waals surface area contributed by atoms with Crippen molar-refractivity contribution < 1.29 is 9.50 Å². The molecule has 3 heterocycles. The van der Waals surface area contributed by atoms with E-state index < -0.39 is 5.82 Å². The molecule has 4 rings (SSSR count). The highest BCUT2D eigenvalue weighted by Crippen LogP contribution is 2.23. The van der Waals surface area contributed by atoms with E-state index in [0.717, 1.165) is 16.6 Å². The maximum absolute atomic E-state index is 14.5. The molecule has 0 saturated heterocycles. The van der Waals surface area contributed by atoms with Gasteiger partial charge in [-0.1, -0.05) is 0 Å². The summed E-state index contributed by atoms with van der Waals surface area (Å²) in [6, 6.07) is 12.1. The first-order chi connectivity index (χ1) is 12.6. The summed E-state index contributed by atoms with van der Waals surface area (Å²) in [5.74, 6) is 0.0894. The number of aryl methyl sites for hydroxylation is 1. The van der Waals surface area contributed by atoms with Gasteiger partial charge in [-0.3, -0.25) is 4.98 Å². The molecule has 2 N–H and O–H groups in total. The van der Waals surface area contributed by atoms with Crippen molar-refractivity contribution in [2.45, 2.75) is 13.5 Å². The average Bonchev–Trinajstić information content (AvgIpc) is 3.12. The van der Waals surface area contributed by atoms with E-state index in [-0.39, 0.29) is 6.61 Å². The monoisotopic (exact) mass is 349 g/mol. The van der Waals surface area contributed by atoms with Crippen LogP contribution in [-0.4, -0.2) is 24.9 Å². The lowest BCUT2D eigenvalue weighted by molar-refractivity contribution is 0.276. The summed E-state index contributed by atoms with van der Waals surface area (Å²) in [4.78, 5) is 8.76. The van der Waals surface area contributed by atoms with Crippen molar-refractivity contribution in [1.29, 1.82) is 0 Å². The molecule has 0 radical (unpaired) electrons. The Hall–Kier alpha value is -3.32. The van der Waals surface area contributed by atoms with Gasteiger partial charge in [0.15, 0.2) is 0 Å². The molecule has 0 aliphatic heterocycles. The zero-order valence-electron chi connectivity index (χ0n) is 14.0. The number of nitrogens with zero attached hydrogens (tertiary/aromatic N) is 4. The van der Waals surface area contributed by atoms with E-state index in [0.29, 0.717) is 22.9 Å². The second kappa shape index (κ2) is 6.53. The minimum atomic E-state index is -0.428. The van der Waals surface area contributed by atoms with Gasteiger partial charge in [-0.2, -0.15) is 5.10 Å². The van der Waals surface area contributed by atoms with Gasteiger partial charge in [0, 0.05) is 35.6 Å². The minimum Gasteiger partial charge on any atom is -0.390 e. The minimum absolute atomic E-state index is 0.156. The number of aliphatic hydroxyl groups is 1. The molecular weight excluding hydrogens is 333 g/mol. The molecule has 0 aliphatic carbocycles. The molecule has 6 nitrogen and oxygen atoms in total. The fourth-order valence-electron chi connectivity index (χ4n) is 2.66. The van der Waals surface area contributed by atoms with E-state index in [2.05, 4.69) is 20.4 Å². The van der Waals surface area contributed by atoms with Crippen LogP contribution in [0.3, 0.4) is 0 Å². The number of rotatable bonds is 4. The highest BCUT2D eigenvalue weighted by molar-refractivity contribution is 5.81. The maximum atomic E-state index is 14.5. The normalized spacial score (nSPS) is 11.0. The summed E-state index contributed by atoms with van der Waals surface area (Å²) in [7, 11) is 0. The van der Waals surface area contributed by atoms with E-state index in [1.807, 2.05) is 19.1 Å². The van der Waals surface area contributed by atoms with Gasteiger partial charge in [0.25, 0.3) is 0 Å². The lowest BCUT2D eigenvalue weighted by Crippen LogP contribution is -2.00. The number of hydrogen-bond acceptors (Lipinski definition) is 5. The first kappa shape index (κ1) is 16.2. The molecule has 0 aliphatic rings. The van der Waals surface area contributed by atoms with E-state index in [1.54, 1.807) is 36.7 Å². The molecule has 0 amide bonds. The smallest absolute Gasteiger partial charge is 0.148 e. The zero-order chi connectivity index (χ0) is 18.1. The molecule has 0 fully saturated rings. The predicted molar refractivity (Wildman–Crippen MR) is 97.0 cm³/mol. The predicted octanol–water partition coefficient (Wildman–Crippen LogP) is 3.50. The molecule has 0 bridgehead atoms. The Labute approximate surface area is 149 Å². The fourth-order valence-corrected chi connectivity index (χ4v) is 2.66. The molecule has 26 heavy (non-hydrogen) atoms. The van der Waals surface area contributed by atoms with Crippen molar-refractivity contribution >= 4 is 22.4 Å². The maximum Gasteiger partial charge on any atom is 0.148 e. The van der Waals surface area contributed by atoms with Crippen LogP contribution in [0.25, 0.3) is 16.6 Å². The summed E-state index contributed by atoms with van der Waals surface area (Å²) < 4.78 is 16.0. The van der Waals surface area contributed by atoms with Crippen molar-refractivity contribution in [1.82, 2.24) is 19.7 Å². The lowest BCUT2D eigenvalue weighted by Gasteiger charge is -2.09. The molecule has 3 aromatic heterocycles. The van der Waals surface area contributed by atoms with Gasteiger partial charge in [-0.25, -0.2) is 14.1 Å². The fraction of sp³-hybridized carbons (Fsp3) is 0.105. The number of benzene rings is 1. The molecule has 130 valence electrons. The van der Waals surface area contributed by atoms with Gasteiger partial charge in [-0.15, -0.1) is 0 Å². The zero-order valence-corrected chi connectivity index (χ0v) is 14.0. The molecule has 0 saturated carbocycles. The molecule has 0 unspecified atom stereocenters. The van der Waals surface area contributed by atoms with Gasteiger partial charge in [0.05, 0.1) is 29.2 Å². The van der Waals surface area contributed by atoms with E-state index in [1.165, 1.54) is 10.7 Å². The standard InChI is InChI=1S/C19H16FN5O/c1-12-2-3-13-10-21-19(9-18(13)22-12)23-17-5-4-15(8-16(17)20)25-7-6-14(11-26)24-25/h2-10,26H,11H2,1H3,(H,21,23). The van der Waals surface area contributed by atoms with Crippen LogP contribution in [0.5, 0.6) is 0 Å². The van der Waals surface area contributed by atoms with Crippen molar-refractivity contribution in [2.24, 2.45) is 0 Å². The van der Waals surface area contributed by atoms with Gasteiger partial charge in [0.1, 0.15) is 11.6 Å². The van der Waals surface area contributed by atoms with Crippen LogP contribution in [0.2, 0.25) is 0 Å². The van der Waals surface area contributed by atoms with Crippen LogP contribution >= 0.6 is 0 Å². The Morgan fingerprint density at radius 2 is 2.04 bits per heavy atom. The Morgan fingerprint density at radius 1 is 1.15 bits per heavy atom. The van der Waals surface area contributed by atoms with Crippen LogP contribution in [0.4, 0.5) is 15.9 Å². The third-order valence-corrected chi connectivity index (χ3v) is 4.00. The van der Waals surface area contributed by atoms with Crippen molar-refractivity contribution in [3.05, 3.63) is 72.1 Å². The number of aromatic nitrogens is 4. The molecule has 4 aromatic rings. The van der Waals surface area contributed by atoms with Crippen LogP contribution in [-0.2, 0) is 6.61 Å². The van der Waals surface area contributed by atoms with E-state index in [4.69, 9.17) is 5.11 Å². The SMILES string of the molecule is Cc1ccc2cnc(Nc3ccc(-n4ccc(CO)n4)cc3F)cc2n1. The summed E-state index contributed by atoms with van der Waals surface area (Å²) in [6.45, 7) is 1.76. The van der Waals surface area contributed by atoms with Crippen molar-refractivity contribution in [3.63, 3.8) is 0 Å². The van der Waals surface area contributed by atoms with Crippen LogP contribution in [0, 0.1) is 12.7 Å². The Bertz CT molecular complexity index is 1090. The van der Waals surface area contributed by atoms with Gasteiger partial charge >= 0.3 is 0 Å². The van der Waals surface area contributed by atoms with Gasteiger partial charge < -0.3 is 10.4 Å². The summed E-state index contributed by atoms with van der Waals surface area (Å²) in [5, 5.41) is 17.1. The summed E-state index contributed by atoms with van der Waals surface area (Å²) in [5.41, 5.74) is 3.11. The Morgan fingerprint density at radius 3 is 2.81 bits per heavy atom. The van der Waals surface area contributed by atoms with Crippen LogP contribution in [0.15, 0.2) is 54.9 Å². The topological polar surface area (TPSA) is 75.9 Å². The van der Waals surface area contributed by atoms with Gasteiger partial charge in [0.2, 0.25) is 0 Å². The van der Waals surface area contributed by atoms with Crippen molar-refractivity contribution in [2.75, 3.05) is 5.32 Å². The second-order valence-electron chi connectivity index (χ2n) is 5.91. The number of halogens is 1. The number of pyridine rings is 2. The molecule has 0 atom stereocenters. The third kappa shape index (κ3) is 3.12. The molecule has 0 spiro atoms. The van der Waals surface area contributed by atoms with E-state index >= 15 is 0 Å². The molecular formula is C19H16FN5O. The second-order valence-corrected chi connectivity index (χ2v) is 5.91. The van der Waals surface area contributed by atoms with Gasteiger partial charge in [-0.05, 0) is 37.3 Å². The first-order valence-electron chi connectivity index (χ1n) is 8.08. The quantitative estimate of drug-likeness (QED) is 0.590. The van der Waals surface area contributed by atoms with E-state index in [9.17, 15) is 4.39 Å². The highest BCUT2D eigenvalue weighted by atomic mass is 19.1. The number of hydrogen-bond donors (Lipinski definition) is 2. The number of nitrogens with one attached hydrogen (secondary N) is 1. The Kier molecular flexibility index (Phi) is 4.06. The largest absolute Gasteiger partial charge is 0.390 e. The Balaban J connectivity index is 1.62. The van der Waals surface area contributed by atoms with Crippen molar-refractivity contribution in [3.8, 4) is 5.69 Å². The van der Waals surface area contributed by atoms with Crippen LogP contribution < -0.4 is 5.32 Å². The highest BCUT2D eigenvalue weighted by Gasteiger charge is 2.08. The summed E-state index contributed by atoms with van der Waals surface area (Å²) in [6.07, 6.45) is 3.38. The summed E-state index contributed by atoms with van der Waals surface area (Å²) >= 11 is 0. The number of fused-ring (bicyclic) bond motifs is 1. The third-order valence-electron chi connectivity index (χ3n) is 4.00. The average molecular weight is 349 g/mol. The number of aliphatic hydroxyl groups excluding tert-OH is 1. The first-order valence-corrected chi connectivity index (χ1v) is 8.08. The van der Waals surface area contributed by atoms with Crippen LogP contribution in [0.1, 0.15) is 11.4 Å². The molecule has 7 heteroatoms. The molecule has 1 aromatic carbocycles. The number of anilines is 2.